The summed E-state index contributed by atoms with van der Waals surface area (Å²) in [4.78, 5) is 4.24. The largest absolute Gasteiger partial charge is 0.509 e. The highest BCUT2D eigenvalue weighted by Gasteiger charge is 2.25. The van der Waals surface area contributed by atoms with Crippen LogP contribution in [0.1, 0.15) is 5.56 Å². The first-order valence-corrected chi connectivity index (χ1v) is 6.79. The molecule has 0 bridgehead atoms. The number of halogens is 3. The smallest absolute Gasteiger partial charge is 0.489 e. The van der Waals surface area contributed by atoms with Crippen LogP contribution < -0.4 is 10.2 Å². The van der Waals surface area contributed by atoms with Gasteiger partial charge in [0.1, 0.15) is 12.4 Å². The van der Waals surface area contributed by atoms with E-state index >= 15 is 0 Å². The summed E-state index contributed by atoms with van der Waals surface area (Å²) in [5.74, 6) is 0.206. The van der Waals surface area contributed by atoms with Gasteiger partial charge in [-0.1, -0.05) is 30.3 Å². The number of benzene rings is 2. The Balaban J connectivity index is 1.83. The molecule has 2 aromatic carbocycles. The van der Waals surface area contributed by atoms with Crippen LogP contribution in [0.15, 0.2) is 60.8 Å². The van der Waals surface area contributed by atoms with Crippen LogP contribution in [0.5, 0.6) is 5.75 Å². The predicted octanol–water partition coefficient (Wildman–Crippen LogP) is 3.87. The second kappa shape index (κ2) is 5.71. The van der Waals surface area contributed by atoms with Gasteiger partial charge in [0, 0.05) is 17.1 Å². The monoisotopic (exact) mass is 302 g/mol. The first-order chi connectivity index (χ1) is 10.5. The first kappa shape index (κ1) is 14.4. The topological polar surface area (TPSA) is 22.1 Å². The highest BCUT2D eigenvalue weighted by Crippen LogP contribution is 2.19. The average Bonchev–Trinajstić information content (AvgIpc) is 2.52. The summed E-state index contributed by atoms with van der Waals surface area (Å²) >= 11 is 0. The van der Waals surface area contributed by atoms with Crippen LogP contribution in [0.3, 0.4) is 0 Å². The zero-order valence-electron chi connectivity index (χ0n) is 11.5. The van der Waals surface area contributed by atoms with E-state index in [1.165, 1.54) is 12.1 Å². The Bertz CT molecular complexity index is 799. The highest BCUT2D eigenvalue weighted by atomic mass is 19.4. The quantitative estimate of drug-likeness (QED) is 0.683. The Kier molecular flexibility index (Phi) is 3.75. The molecule has 1 aromatic heterocycles. The van der Waals surface area contributed by atoms with Gasteiger partial charge in [0.2, 0.25) is 0 Å². The van der Waals surface area contributed by atoms with Crippen LogP contribution in [0, 0.1) is 0 Å². The zero-order valence-corrected chi connectivity index (χ0v) is 11.5. The van der Waals surface area contributed by atoms with Crippen LogP contribution in [-0.2, 0) is 6.61 Å². The van der Waals surface area contributed by atoms with Crippen molar-refractivity contribution in [1.29, 1.82) is 0 Å². The summed E-state index contributed by atoms with van der Waals surface area (Å²) in [7, 11) is 0. The van der Waals surface area contributed by atoms with Crippen LogP contribution in [0.2, 0.25) is 0 Å². The Hall–Kier alpha value is -2.50. The van der Waals surface area contributed by atoms with E-state index in [1.54, 1.807) is 12.3 Å². The number of aromatic nitrogens is 1. The van der Waals surface area contributed by atoms with E-state index < -0.39 is 12.4 Å². The van der Waals surface area contributed by atoms with Gasteiger partial charge in [-0.3, -0.25) is 4.98 Å². The summed E-state index contributed by atoms with van der Waals surface area (Å²) in [5, 5.41) is 0.932. The van der Waals surface area contributed by atoms with Crippen molar-refractivity contribution in [3.05, 3.63) is 66.4 Å². The molecule has 0 spiro atoms. The van der Waals surface area contributed by atoms with E-state index in [2.05, 4.69) is 4.98 Å². The van der Waals surface area contributed by atoms with E-state index in [-0.39, 0.29) is 12.4 Å². The molecule has 0 aliphatic rings. The minimum absolute atomic E-state index is 0.192. The lowest BCUT2D eigenvalue weighted by Crippen LogP contribution is -2.33. The molecule has 0 saturated heterocycles. The summed E-state index contributed by atoms with van der Waals surface area (Å²) in [6.07, 6.45) is 1.66. The molecule has 0 fully saturated rings. The first-order valence-electron chi connectivity index (χ1n) is 6.79. The second-order valence-electron chi connectivity index (χ2n) is 4.92. The standard InChI is InChI=1S/C16H12BF3NO/c18-17(19,20)13-4-3-5-14(10-13)22-11-12-8-9-21-16-7-2-1-6-15(12)16/h1-10H,11H2/q-1. The number of para-hydroxylation sites is 1. The number of hydrogen-bond donors (Lipinski definition) is 0. The SMILES string of the molecule is F[B-](F)(F)c1cccc(OCc2ccnc3ccccc23)c1. The molecule has 1 heterocycles. The number of hydrogen-bond acceptors (Lipinski definition) is 2. The Morgan fingerprint density at radius 1 is 0.955 bits per heavy atom. The van der Waals surface area contributed by atoms with E-state index in [0.717, 1.165) is 28.6 Å². The third-order valence-electron chi connectivity index (χ3n) is 3.37. The van der Waals surface area contributed by atoms with Crippen molar-refractivity contribution in [2.45, 2.75) is 6.61 Å². The van der Waals surface area contributed by atoms with Crippen molar-refractivity contribution in [1.82, 2.24) is 4.98 Å². The fourth-order valence-corrected chi connectivity index (χ4v) is 2.25. The molecule has 2 nitrogen and oxygen atoms in total. The molecule has 0 amide bonds. The van der Waals surface area contributed by atoms with E-state index in [0.29, 0.717) is 0 Å². The normalized spacial score (nSPS) is 11.6. The van der Waals surface area contributed by atoms with Crippen molar-refractivity contribution in [3.8, 4) is 5.75 Å². The van der Waals surface area contributed by atoms with Gasteiger partial charge in [-0.05, 0) is 24.3 Å². The van der Waals surface area contributed by atoms with Crippen LogP contribution in [0.4, 0.5) is 12.9 Å². The Morgan fingerprint density at radius 3 is 2.59 bits per heavy atom. The summed E-state index contributed by atoms with van der Waals surface area (Å²) in [6.45, 7) is -4.83. The van der Waals surface area contributed by atoms with Gasteiger partial charge in [0.25, 0.3) is 0 Å². The molecule has 0 aliphatic heterocycles. The van der Waals surface area contributed by atoms with Gasteiger partial charge in [-0.15, -0.1) is 5.46 Å². The van der Waals surface area contributed by atoms with E-state index in [1.807, 2.05) is 24.3 Å². The summed E-state index contributed by atoms with van der Waals surface area (Å²) in [6, 6.07) is 14.3. The number of pyridine rings is 1. The van der Waals surface area contributed by atoms with Crippen molar-refractivity contribution in [3.63, 3.8) is 0 Å². The molecule has 0 saturated carbocycles. The molecule has 112 valence electrons. The maximum atomic E-state index is 12.7. The summed E-state index contributed by atoms with van der Waals surface area (Å²) in [5.41, 5.74) is 1.06. The second-order valence-corrected chi connectivity index (χ2v) is 4.92. The van der Waals surface area contributed by atoms with Crippen LogP contribution in [0.25, 0.3) is 10.9 Å². The van der Waals surface area contributed by atoms with Crippen molar-refractivity contribution in [2.24, 2.45) is 0 Å². The van der Waals surface area contributed by atoms with Crippen molar-refractivity contribution < 1.29 is 17.7 Å². The molecule has 6 heteroatoms. The molecule has 0 unspecified atom stereocenters. The third-order valence-corrected chi connectivity index (χ3v) is 3.37. The van der Waals surface area contributed by atoms with E-state index in [4.69, 9.17) is 4.74 Å². The molecule has 22 heavy (non-hydrogen) atoms. The van der Waals surface area contributed by atoms with Crippen molar-refractivity contribution in [2.75, 3.05) is 0 Å². The predicted molar refractivity (Wildman–Crippen MR) is 81.2 cm³/mol. The zero-order chi connectivity index (χ0) is 15.6. The number of fused-ring (bicyclic) bond motifs is 1. The van der Waals surface area contributed by atoms with Gasteiger partial charge >= 0.3 is 6.98 Å². The van der Waals surface area contributed by atoms with Gasteiger partial charge in [-0.2, -0.15) is 0 Å². The van der Waals surface area contributed by atoms with Gasteiger partial charge in [0.05, 0.1) is 5.52 Å². The lowest BCUT2D eigenvalue weighted by atomic mass is 9.80. The highest BCUT2D eigenvalue weighted by molar-refractivity contribution is 6.73. The molecular formula is C16H12BF3NO-. The fraction of sp³-hybridized carbons (Fsp3) is 0.0625. The number of ether oxygens (including phenoxy) is 1. The Morgan fingerprint density at radius 2 is 1.77 bits per heavy atom. The molecular weight excluding hydrogens is 290 g/mol. The maximum absolute atomic E-state index is 12.7. The molecule has 0 N–H and O–H groups in total. The molecule has 3 aromatic rings. The minimum Gasteiger partial charge on any atom is -0.489 e. The average molecular weight is 302 g/mol. The molecule has 0 atom stereocenters. The lowest BCUT2D eigenvalue weighted by molar-refractivity contribution is 0.307. The summed E-state index contributed by atoms with van der Waals surface area (Å²) < 4.78 is 43.7. The van der Waals surface area contributed by atoms with Crippen LogP contribution >= 0.6 is 0 Å². The third kappa shape index (κ3) is 3.06. The molecule has 3 rings (SSSR count). The van der Waals surface area contributed by atoms with Crippen molar-refractivity contribution >= 4 is 23.3 Å². The van der Waals surface area contributed by atoms with Gasteiger partial charge in [0.15, 0.2) is 0 Å². The maximum Gasteiger partial charge on any atom is 0.509 e. The minimum atomic E-state index is -5.02. The van der Waals surface area contributed by atoms with Gasteiger partial charge in [-0.25, -0.2) is 0 Å². The Labute approximate surface area is 125 Å². The lowest BCUT2D eigenvalue weighted by Gasteiger charge is -2.16. The number of nitrogens with zero attached hydrogens (tertiary/aromatic N) is 1. The fourth-order valence-electron chi connectivity index (χ4n) is 2.25. The van der Waals surface area contributed by atoms with Crippen LogP contribution in [-0.4, -0.2) is 12.0 Å². The van der Waals surface area contributed by atoms with Gasteiger partial charge < -0.3 is 17.7 Å². The van der Waals surface area contributed by atoms with E-state index in [9.17, 15) is 12.9 Å². The number of rotatable bonds is 4. The molecule has 0 aliphatic carbocycles. The molecule has 0 radical (unpaired) electrons.